The van der Waals surface area contributed by atoms with Crippen LogP contribution in [-0.4, -0.2) is 70.3 Å². The van der Waals surface area contributed by atoms with Crippen molar-refractivity contribution < 1.29 is 19.4 Å². The predicted octanol–water partition coefficient (Wildman–Crippen LogP) is 3.15. The fraction of sp³-hybridized carbons (Fsp3) is 0.259. The van der Waals surface area contributed by atoms with Gasteiger partial charge in [0.2, 0.25) is 0 Å². The summed E-state index contributed by atoms with van der Waals surface area (Å²) >= 11 is 3.55. The molecule has 2 aliphatic heterocycles. The second-order valence-electron chi connectivity index (χ2n) is 9.20. The molecule has 0 bridgehead atoms. The number of aromatic amines is 1. The molecule has 184 valence electrons. The number of H-pyrrole nitrogens is 1. The molecule has 2 aromatic heterocycles. The molecular weight excluding hydrogens is 524 g/mol. The van der Waals surface area contributed by atoms with Crippen LogP contribution in [0.2, 0.25) is 0 Å². The van der Waals surface area contributed by atoms with E-state index in [1.807, 2.05) is 53.2 Å². The summed E-state index contributed by atoms with van der Waals surface area (Å²) in [4.78, 5) is 31.6. The first-order valence-corrected chi connectivity index (χ1v) is 12.7. The maximum Gasteiger partial charge on any atom is 0.259 e. The number of aliphatic hydroxyl groups excluding tert-OH is 1. The highest BCUT2D eigenvalue weighted by Gasteiger charge is 2.35. The van der Waals surface area contributed by atoms with E-state index in [4.69, 9.17) is 4.74 Å². The van der Waals surface area contributed by atoms with Crippen LogP contribution in [-0.2, 0) is 20.9 Å². The average molecular weight is 549 g/mol. The van der Waals surface area contributed by atoms with Gasteiger partial charge in [0.05, 0.1) is 30.5 Å². The lowest BCUT2D eigenvalue weighted by Crippen LogP contribution is -2.41. The highest BCUT2D eigenvalue weighted by molar-refractivity contribution is 9.10. The van der Waals surface area contributed by atoms with Gasteiger partial charge < -0.3 is 19.4 Å². The molecule has 6 rings (SSSR count). The number of aliphatic hydroxyl groups is 1. The number of nitrogens with zero attached hydrogens (tertiary/aromatic N) is 2. The normalized spacial score (nSPS) is 17.9. The van der Waals surface area contributed by atoms with Gasteiger partial charge in [0.1, 0.15) is 0 Å². The summed E-state index contributed by atoms with van der Waals surface area (Å²) in [5, 5.41) is 15.1. The molecule has 1 fully saturated rings. The zero-order valence-corrected chi connectivity index (χ0v) is 21.0. The van der Waals surface area contributed by atoms with Crippen LogP contribution >= 0.6 is 15.9 Å². The number of fused-ring (bicyclic) bond motifs is 2. The molecule has 1 saturated heterocycles. The number of β-amino-alcohol motifs (C(OH)–C–C–N with tert-alkyl or cyclic N) is 1. The number of ether oxygens (including phenoxy) is 1. The first-order chi connectivity index (χ1) is 17.5. The highest BCUT2D eigenvalue weighted by Crippen LogP contribution is 2.38. The first-order valence-electron chi connectivity index (χ1n) is 11.9. The third kappa shape index (κ3) is 4.08. The second-order valence-corrected chi connectivity index (χ2v) is 10.1. The number of imide groups is 1. The molecule has 0 spiro atoms. The van der Waals surface area contributed by atoms with Gasteiger partial charge in [-0.05, 0) is 18.2 Å². The van der Waals surface area contributed by atoms with Crippen LogP contribution in [0.25, 0.3) is 33.0 Å². The number of aromatic nitrogens is 2. The summed E-state index contributed by atoms with van der Waals surface area (Å²) in [6, 6.07) is 13.5. The Labute approximate surface area is 215 Å². The monoisotopic (exact) mass is 548 g/mol. The lowest BCUT2D eigenvalue weighted by atomic mass is 9.95. The third-order valence-electron chi connectivity index (χ3n) is 6.88. The summed E-state index contributed by atoms with van der Waals surface area (Å²) in [6.07, 6.45) is 3.05. The van der Waals surface area contributed by atoms with E-state index in [1.54, 1.807) is 6.20 Å². The molecule has 0 aliphatic carbocycles. The molecule has 1 atom stereocenters. The van der Waals surface area contributed by atoms with Crippen LogP contribution in [0.15, 0.2) is 59.3 Å². The minimum absolute atomic E-state index is 0.346. The average Bonchev–Trinajstić information content (AvgIpc) is 3.52. The van der Waals surface area contributed by atoms with Gasteiger partial charge >= 0.3 is 0 Å². The predicted molar refractivity (Wildman–Crippen MR) is 141 cm³/mol. The molecule has 1 unspecified atom stereocenters. The molecule has 4 aromatic rings. The van der Waals surface area contributed by atoms with E-state index < -0.39 is 17.9 Å². The first kappa shape index (κ1) is 23.2. The molecule has 0 saturated carbocycles. The van der Waals surface area contributed by atoms with Crippen molar-refractivity contribution in [2.45, 2.75) is 12.6 Å². The van der Waals surface area contributed by atoms with E-state index in [9.17, 15) is 14.7 Å². The second kappa shape index (κ2) is 9.33. The number of amides is 2. The summed E-state index contributed by atoms with van der Waals surface area (Å²) < 4.78 is 8.27. The topological polar surface area (TPSA) is 99.6 Å². The van der Waals surface area contributed by atoms with E-state index in [2.05, 4.69) is 31.1 Å². The molecule has 9 heteroatoms. The maximum absolute atomic E-state index is 13.1. The molecular formula is C27H25BrN4O4. The Bertz CT molecular complexity index is 1530. The minimum Gasteiger partial charge on any atom is -0.390 e. The van der Waals surface area contributed by atoms with Gasteiger partial charge in [-0.1, -0.05) is 40.2 Å². The van der Waals surface area contributed by atoms with Crippen molar-refractivity contribution in [1.82, 2.24) is 19.8 Å². The number of hydrogen-bond donors (Lipinski definition) is 3. The molecule has 2 aromatic carbocycles. The Kier molecular flexibility index (Phi) is 6.00. The van der Waals surface area contributed by atoms with E-state index in [0.29, 0.717) is 48.6 Å². The molecule has 2 amide bonds. The van der Waals surface area contributed by atoms with Gasteiger partial charge in [-0.3, -0.25) is 19.8 Å². The van der Waals surface area contributed by atoms with Crippen molar-refractivity contribution in [3.05, 3.63) is 70.5 Å². The molecule has 36 heavy (non-hydrogen) atoms. The minimum atomic E-state index is -0.605. The number of carbonyl (C=O) groups is 2. The molecule has 2 aliphatic rings. The van der Waals surface area contributed by atoms with Crippen molar-refractivity contribution >= 4 is 60.7 Å². The van der Waals surface area contributed by atoms with Crippen LogP contribution in [0, 0.1) is 0 Å². The number of benzene rings is 2. The van der Waals surface area contributed by atoms with Crippen molar-refractivity contribution in [3.8, 4) is 0 Å². The van der Waals surface area contributed by atoms with Crippen molar-refractivity contribution in [1.29, 1.82) is 0 Å². The number of para-hydroxylation sites is 1. The summed E-state index contributed by atoms with van der Waals surface area (Å²) in [7, 11) is 0. The van der Waals surface area contributed by atoms with E-state index in [0.717, 1.165) is 39.4 Å². The van der Waals surface area contributed by atoms with Gasteiger partial charge in [0.25, 0.3) is 11.8 Å². The van der Waals surface area contributed by atoms with Gasteiger partial charge in [-0.25, -0.2) is 0 Å². The fourth-order valence-electron chi connectivity index (χ4n) is 5.23. The number of carbonyl (C=O) groups excluding carboxylic acids is 2. The van der Waals surface area contributed by atoms with Crippen LogP contribution in [0.1, 0.15) is 11.1 Å². The standard InChI is InChI=1S/C27H25BrN4O4/c28-16-5-6-19-21(15-32(23(19)11-16)14-17(33)13-31-7-9-36-10-8-31)25-24(26(34)30-27(25)35)20-12-29-22-4-2-1-3-18(20)22/h1-6,11-12,15,17,29,33H,7-10,13-14H2,(H,30,34,35). The lowest BCUT2D eigenvalue weighted by Gasteiger charge is -2.28. The van der Waals surface area contributed by atoms with Crippen molar-refractivity contribution in [2.75, 3.05) is 32.8 Å². The summed E-state index contributed by atoms with van der Waals surface area (Å²) in [5.74, 6) is -0.832. The third-order valence-corrected chi connectivity index (χ3v) is 7.38. The largest absolute Gasteiger partial charge is 0.390 e. The number of halogens is 1. The Morgan fingerprint density at radius 1 is 0.972 bits per heavy atom. The highest BCUT2D eigenvalue weighted by atomic mass is 79.9. The van der Waals surface area contributed by atoms with E-state index >= 15 is 0 Å². The zero-order valence-electron chi connectivity index (χ0n) is 19.5. The number of hydrogen-bond acceptors (Lipinski definition) is 5. The fourth-order valence-corrected chi connectivity index (χ4v) is 5.58. The maximum atomic E-state index is 13.1. The van der Waals surface area contributed by atoms with Gasteiger partial charge in [-0.2, -0.15) is 0 Å². The van der Waals surface area contributed by atoms with E-state index in [1.165, 1.54) is 0 Å². The SMILES string of the molecule is O=C1NC(=O)C(c2cn(CC(O)CN3CCOCC3)c3cc(Br)ccc23)=C1c1c[nH]c2ccccc12. The molecule has 3 N–H and O–H groups in total. The summed E-state index contributed by atoms with van der Waals surface area (Å²) in [5.41, 5.74) is 3.82. The summed E-state index contributed by atoms with van der Waals surface area (Å²) in [6.45, 7) is 3.82. The Morgan fingerprint density at radius 2 is 1.72 bits per heavy atom. The Morgan fingerprint density at radius 3 is 2.53 bits per heavy atom. The number of morpholine rings is 1. The van der Waals surface area contributed by atoms with Crippen molar-refractivity contribution in [2.24, 2.45) is 0 Å². The lowest BCUT2D eigenvalue weighted by molar-refractivity contribution is -0.122. The van der Waals surface area contributed by atoms with Crippen LogP contribution in [0.5, 0.6) is 0 Å². The number of nitrogens with one attached hydrogen (secondary N) is 2. The van der Waals surface area contributed by atoms with Crippen LogP contribution < -0.4 is 5.32 Å². The van der Waals surface area contributed by atoms with E-state index in [-0.39, 0.29) is 0 Å². The molecule has 4 heterocycles. The Balaban J connectivity index is 1.46. The smallest absolute Gasteiger partial charge is 0.259 e. The number of rotatable bonds is 6. The van der Waals surface area contributed by atoms with Crippen molar-refractivity contribution in [3.63, 3.8) is 0 Å². The van der Waals surface area contributed by atoms with Gasteiger partial charge in [-0.15, -0.1) is 0 Å². The van der Waals surface area contributed by atoms with Gasteiger partial charge in [0.15, 0.2) is 0 Å². The quantitative estimate of drug-likeness (QED) is 0.321. The molecule has 0 radical (unpaired) electrons. The van der Waals surface area contributed by atoms with Crippen LogP contribution in [0.4, 0.5) is 0 Å². The molecule has 8 nitrogen and oxygen atoms in total. The van der Waals surface area contributed by atoms with Crippen LogP contribution in [0.3, 0.4) is 0 Å². The van der Waals surface area contributed by atoms with Gasteiger partial charge in [0, 0.05) is 76.0 Å². The zero-order chi connectivity index (χ0) is 24.8. The Hall–Kier alpha value is -3.24.